The van der Waals surface area contributed by atoms with E-state index in [0.717, 1.165) is 15.9 Å². The fraction of sp³-hybridized carbons (Fsp3) is 0.273. The predicted octanol–water partition coefficient (Wildman–Crippen LogP) is 2.04. The maximum absolute atomic E-state index is 6.13. The fourth-order valence-corrected chi connectivity index (χ4v) is 2.72. The van der Waals surface area contributed by atoms with Crippen LogP contribution < -0.4 is 0 Å². The zero-order valence-corrected chi connectivity index (χ0v) is 12.0. The lowest BCUT2D eigenvalue weighted by Gasteiger charge is -2.01. The first-order valence-electron chi connectivity index (χ1n) is 5.59. The van der Waals surface area contributed by atoms with Crippen LogP contribution in [0.2, 0.25) is 5.15 Å². The first-order valence-corrected chi connectivity index (χ1v) is 6.95. The van der Waals surface area contributed by atoms with Gasteiger partial charge in [0.15, 0.2) is 5.65 Å². The highest BCUT2D eigenvalue weighted by Gasteiger charge is 2.10. The first-order chi connectivity index (χ1) is 9.13. The van der Waals surface area contributed by atoms with E-state index in [-0.39, 0.29) is 0 Å². The van der Waals surface area contributed by atoms with E-state index >= 15 is 0 Å². The van der Waals surface area contributed by atoms with Crippen LogP contribution in [0, 0.1) is 0 Å². The number of nitrogens with zero attached hydrogens (tertiary/aromatic N) is 6. The number of hydrogen-bond acceptors (Lipinski definition) is 5. The third kappa shape index (κ3) is 2.43. The van der Waals surface area contributed by atoms with Crippen molar-refractivity contribution in [2.45, 2.75) is 10.6 Å². The van der Waals surface area contributed by atoms with E-state index in [9.17, 15) is 0 Å². The zero-order valence-electron chi connectivity index (χ0n) is 10.4. The molecule has 0 amide bonds. The molecule has 19 heavy (non-hydrogen) atoms. The highest BCUT2D eigenvalue weighted by molar-refractivity contribution is 7.98. The van der Waals surface area contributed by atoms with Crippen LogP contribution in [0.15, 0.2) is 23.5 Å². The van der Waals surface area contributed by atoms with Crippen molar-refractivity contribution in [3.05, 3.63) is 29.6 Å². The van der Waals surface area contributed by atoms with Crippen LogP contribution in [0.25, 0.3) is 11.0 Å². The van der Waals surface area contributed by atoms with Crippen molar-refractivity contribution in [2.75, 3.05) is 0 Å². The molecule has 0 aromatic carbocycles. The van der Waals surface area contributed by atoms with Gasteiger partial charge in [-0.1, -0.05) is 11.6 Å². The minimum absolute atomic E-state index is 0.444. The van der Waals surface area contributed by atoms with Crippen molar-refractivity contribution in [2.24, 2.45) is 14.1 Å². The van der Waals surface area contributed by atoms with Gasteiger partial charge in [0.1, 0.15) is 11.0 Å². The lowest BCUT2D eigenvalue weighted by atomic mass is 10.4. The number of halogens is 1. The average Bonchev–Trinajstić information content (AvgIpc) is 2.95. The Kier molecular flexibility index (Phi) is 3.16. The van der Waals surface area contributed by atoms with Gasteiger partial charge in [-0.3, -0.25) is 9.36 Å². The maximum Gasteiger partial charge on any atom is 0.162 e. The summed E-state index contributed by atoms with van der Waals surface area (Å²) in [6.45, 7) is 0. The molecule has 0 saturated heterocycles. The van der Waals surface area contributed by atoms with Gasteiger partial charge in [-0.05, 0) is 0 Å². The quantitative estimate of drug-likeness (QED) is 0.546. The summed E-state index contributed by atoms with van der Waals surface area (Å²) in [5.74, 6) is 1.34. The summed E-state index contributed by atoms with van der Waals surface area (Å²) in [6, 6.07) is 0. The molecule has 6 nitrogen and oxygen atoms in total. The number of thioether (sulfide) groups is 1. The Morgan fingerprint density at radius 1 is 1.21 bits per heavy atom. The average molecular weight is 295 g/mol. The van der Waals surface area contributed by atoms with Gasteiger partial charge in [0, 0.05) is 25.2 Å². The van der Waals surface area contributed by atoms with E-state index in [4.69, 9.17) is 11.6 Å². The van der Waals surface area contributed by atoms with Gasteiger partial charge >= 0.3 is 0 Å². The second-order valence-electron chi connectivity index (χ2n) is 4.07. The van der Waals surface area contributed by atoms with Crippen molar-refractivity contribution < 1.29 is 0 Å². The fourth-order valence-electron chi connectivity index (χ4n) is 1.72. The molecule has 0 aliphatic rings. The summed E-state index contributed by atoms with van der Waals surface area (Å²) >= 11 is 7.75. The van der Waals surface area contributed by atoms with Gasteiger partial charge in [0.05, 0.1) is 23.5 Å². The van der Waals surface area contributed by atoms with Crippen molar-refractivity contribution in [3.63, 3.8) is 0 Å². The lowest BCUT2D eigenvalue weighted by Crippen LogP contribution is -1.98. The highest BCUT2D eigenvalue weighted by atomic mass is 35.5. The topological polar surface area (TPSA) is 61.4 Å². The van der Waals surface area contributed by atoms with Crippen LogP contribution in [0.4, 0.5) is 0 Å². The van der Waals surface area contributed by atoms with Crippen LogP contribution >= 0.6 is 23.4 Å². The second-order valence-corrected chi connectivity index (χ2v) is 5.48. The number of fused-ring (bicyclic) bond motifs is 1. The summed E-state index contributed by atoms with van der Waals surface area (Å²) < 4.78 is 3.46. The minimum atomic E-state index is 0.444. The summed E-state index contributed by atoms with van der Waals surface area (Å²) in [5, 5.41) is 9.47. The summed E-state index contributed by atoms with van der Waals surface area (Å²) in [7, 11) is 3.73. The summed E-state index contributed by atoms with van der Waals surface area (Å²) in [6.07, 6.45) is 5.44. The molecule has 3 aromatic rings. The van der Waals surface area contributed by atoms with Gasteiger partial charge in [-0.15, -0.1) is 11.8 Å². The van der Waals surface area contributed by atoms with E-state index in [1.165, 1.54) is 0 Å². The largest absolute Gasteiger partial charge is 0.275 e. The second kappa shape index (κ2) is 4.82. The van der Waals surface area contributed by atoms with Gasteiger partial charge in [0.2, 0.25) is 0 Å². The van der Waals surface area contributed by atoms with E-state index in [1.807, 2.05) is 26.5 Å². The van der Waals surface area contributed by atoms with E-state index in [2.05, 4.69) is 20.2 Å². The smallest absolute Gasteiger partial charge is 0.162 e. The highest BCUT2D eigenvalue weighted by Crippen LogP contribution is 2.24. The van der Waals surface area contributed by atoms with Gasteiger partial charge in [0.25, 0.3) is 0 Å². The van der Waals surface area contributed by atoms with Gasteiger partial charge in [-0.2, -0.15) is 10.2 Å². The molecule has 0 saturated carbocycles. The van der Waals surface area contributed by atoms with Crippen LogP contribution in [0.5, 0.6) is 0 Å². The Labute approximate surface area is 118 Å². The summed E-state index contributed by atoms with van der Waals surface area (Å²) in [5.41, 5.74) is 0.752. The first kappa shape index (κ1) is 12.4. The Hall–Kier alpha value is -1.60. The number of hydrogen-bond donors (Lipinski definition) is 0. The third-order valence-corrected chi connectivity index (χ3v) is 3.88. The van der Waals surface area contributed by atoms with Gasteiger partial charge in [-0.25, -0.2) is 9.97 Å². The molecule has 0 aliphatic heterocycles. The Bertz CT molecular complexity index is 734. The van der Waals surface area contributed by atoms with Crippen molar-refractivity contribution in [1.82, 2.24) is 29.5 Å². The van der Waals surface area contributed by atoms with Crippen LogP contribution in [-0.4, -0.2) is 29.5 Å². The molecule has 98 valence electrons. The molecule has 0 bridgehead atoms. The predicted molar refractivity (Wildman–Crippen MR) is 74.1 cm³/mol. The monoisotopic (exact) mass is 294 g/mol. The van der Waals surface area contributed by atoms with Crippen LogP contribution in [-0.2, 0) is 19.8 Å². The molecule has 0 radical (unpaired) electrons. The molecule has 0 spiro atoms. The number of aryl methyl sites for hydroxylation is 2. The molecule has 8 heteroatoms. The van der Waals surface area contributed by atoms with E-state index in [1.54, 1.807) is 27.3 Å². The van der Waals surface area contributed by atoms with Crippen LogP contribution in [0.1, 0.15) is 5.82 Å². The molecular weight excluding hydrogens is 284 g/mol. The molecule has 3 rings (SSSR count). The van der Waals surface area contributed by atoms with Crippen molar-refractivity contribution in [3.8, 4) is 0 Å². The number of rotatable bonds is 3. The minimum Gasteiger partial charge on any atom is -0.275 e. The van der Waals surface area contributed by atoms with Crippen molar-refractivity contribution >= 4 is 34.4 Å². The number of aromatic nitrogens is 6. The van der Waals surface area contributed by atoms with Crippen LogP contribution in [0.3, 0.4) is 0 Å². The zero-order chi connectivity index (χ0) is 13.4. The van der Waals surface area contributed by atoms with E-state index in [0.29, 0.717) is 16.7 Å². The molecule has 3 heterocycles. The Morgan fingerprint density at radius 2 is 2.05 bits per heavy atom. The standard InChI is InChI=1S/C11H11ClN6S/c1-17-5-7(3-13-17)19-6-9-15-10(12)8-4-14-18(2)11(8)16-9/h3-5H,6H2,1-2H3. The Morgan fingerprint density at radius 3 is 2.79 bits per heavy atom. The third-order valence-electron chi connectivity index (χ3n) is 2.64. The maximum atomic E-state index is 6.13. The molecule has 0 aliphatic carbocycles. The molecule has 0 fully saturated rings. The molecule has 0 unspecified atom stereocenters. The lowest BCUT2D eigenvalue weighted by molar-refractivity contribution is 0.766. The molecule has 0 N–H and O–H groups in total. The molecule has 3 aromatic heterocycles. The Balaban J connectivity index is 1.86. The van der Waals surface area contributed by atoms with Gasteiger partial charge < -0.3 is 0 Å². The van der Waals surface area contributed by atoms with E-state index < -0.39 is 0 Å². The SMILES string of the molecule is Cn1cc(SCc2nc(Cl)c3cnn(C)c3n2)cn1. The van der Waals surface area contributed by atoms with Crippen molar-refractivity contribution in [1.29, 1.82) is 0 Å². The normalized spacial score (nSPS) is 11.3. The summed E-state index contributed by atoms with van der Waals surface area (Å²) in [4.78, 5) is 9.84. The molecular formula is C11H11ClN6S. The molecule has 0 atom stereocenters.